The number of hydrazone groups is 1. The lowest BCUT2D eigenvalue weighted by Gasteiger charge is -2.14. The second-order valence-corrected chi connectivity index (χ2v) is 8.66. The summed E-state index contributed by atoms with van der Waals surface area (Å²) in [6.45, 7) is 3.75. The molecule has 0 bridgehead atoms. The average molecular weight is 505 g/mol. The van der Waals surface area contributed by atoms with Crippen LogP contribution in [0, 0.1) is 5.82 Å². The van der Waals surface area contributed by atoms with Gasteiger partial charge in [-0.1, -0.05) is 39.8 Å². The third-order valence-electron chi connectivity index (χ3n) is 4.43. The molecule has 1 amide bonds. The number of benzene rings is 2. The number of carbonyl (C=O) groups excluding carboxylic acids is 1. The largest absolute Gasteiger partial charge is 0.375 e. The third kappa shape index (κ3) is 6.38. The molecule has 1 aromatic heterocycles. The van der Waals surface area contributed by atoms with E-state index in [2.05, 4.69) is 42.0 Å². The lowest BCUT2D eigenvalue weighted by molar-refractivity contribution is -0.118. The Bertz CT molecular complexity index is 1070. The normalized spacial score (nSPS) is 12.5. The van der Waals surface area contributed by atoms with Crippen molar-refractivity contribution in [2.45, 2.75) is 25.0 Å². The average Bonchev–Trinajstić information content (AvgIpc) is 3.13. The fourth-order valence-electron chi connectivity index (χ4n) is 2.75. The summed E-state index contributed by atoms with van der Waals surface area (Å²) in [5.74, 6) is 0.315. The summed E-state index contributed by atoms with van der Waals surface area (Å²) >= 11 is 4.70. The molecule has 3 aromatic rings. The number of rotatable bonds is 8. The van der Waals surface area contributed by atoms with Crippen LogP contribution in [-0.2, 0) is 11.8 Å². The highest BCUT2D eigenvalue weighted by Crippen LogP contribution is 2.23. The van der Waals surface area contributed by atoms with Crippen molar-refractivity contribution >= 4 is 45.0 Å². The Hall–Kier alpha value is -2.72. The molecule has 0 aliphatic carbocycles. The Balaban J connectivity index is 1.54. The van der Waals surface area contributed by atoms with Crippen molar-refractivity contribution < 1.29 is 9.18 Å². The van der Waals surface area contributed by atoms with E-state index in [0.29, 0.717) is 10.9 Å². The zero-order valence-corrected chi connectivity index (χ0v) is 19.7. The van der Waals surface area contributed by atoms with Gasteiger partial charge in [0.25, 0.3) is 5.91 Å². The molecule has 0 radical (unpaired) electrons. The Labute approximate surface area is 192 Å². The lowest BCUT2D eigenvalue weighted by atomic mass is 10.1. The molecule has 0 spiro atoms. The van der Waals surface area contributed by atoms with Gasteiger partial charge >= 0.3 is 0 Å². The van der Waals surface area contributed by atoms with Gasteiger partial charge in [0, 0.05) is 17.2 Å². The van der Waals surface area contributed by atoms with Crippen LogP contribution in [-0.4, -0.2) is 32.1 Å². The van der Waals surface area contributed by atoms with Crippen molar-refractivity contribution in [2.24, 2.45) is 12.1 Å². The summed E-state index contributed by atoms with van der Waals surface area (Å²) in [6.07, 6.45) is 0. The Morgan fingerprint density at radius 1 is 1.19 bits per heavy atom. The van der Waals surface area contributed by atoms with Gasteiger partial charge in [-0.2, -0.15) is 5.10 Å². The van der Waals surface area contributed by atoms with Gasteiger partial charge < -0.3 is 9.88 Å². The first-order valence-electron chi connectivity index (χ1n) is 9.46. The van der Waals surface area contributed by atoms with Gasteiger partial charge in [-0.3, -0.25) is 4.79 Å². The second kappa shape index (κ2) is 10.5. The van der Waals surface area contributed by atoms with Crippen molar-refractivity contribution in [3.8, 4) is 0 Å². The zero-order valence-electron chi connectivity index (χ0n) is 17.3. The van der Waals surface area contributed by atoms with E-state index in [4.69, 9.17) is 0 Å². The number of nitrogens with zero attached hydrogens (tertiary/aromatic N) is 4. The standard InChI is InChI=1S/C21H22BrFN6OS/c1-13(15-4-8-17(23)9-5-15)25-26-19(30)12-31-21-28-27-20(29(21)3)14(2)24-18-10-6-16(22)7-11-18/h4-11,14,24H,12H2,1-3H3,(H,26,30)/b25-13+/t14-/m1/s1. The molecule has 10 heteroatoms. The molecule has 1 heterocycles. The first kappa shape index (κ1) is 23.0. The van der Waals surface area contributed by atoms with Crippen molar-refractivity contribution in [3.05, 3.63) is 70.2 Å². The van der Waals surface area contributed by atoms with E-state index in [9.17, 15) is 9.18 Å². The van der Waals surface area contributed by atoms with Crippen LogP contribution >= 0.6 is 27.7 Å². The maximum absolute atomic E-state index is 13.0. The number of anilines is 1. The molecule has 3 rings (SSSR count). The molecule has 0 fully saturated rings. The van der Waals surface area contributed by atoms with Crippen LogP contribution in [0.15, 0.2) is 63.3 Å². The Morgan fingerprint density at radius 2 is 1.87 bits per heavy atom. The van der Waals surface area contributed by atoms with Crippen LogP contribution in [0.25, 0.3) is 0 Å². The lowest BCUT2D eigenvalue weighted by Crippen LogP contribution is -2.21. The van der Waals surface area contributed by atoms with E-state index < -0.39 is 0 Å². The molecule has 7 nitrogen and oxygen atoms in total. The monoisotopic (exact) mass is 504 g/mol. The van der Waals surface area contributed by atoms with Gasteiger partial charge in [0.05, 0.1) is 17.5 Å². The van der Waals surface area contributed by atoms with E-state index in [0.717, 1.165) is 21.5 Å². The Kier molecular flexibility index (Phi) is 7.80. The molecule has 0 saturated heterocycles. The minimum absolute atomic E-state index is 0.0650. The molecule has 2 aromatic carbocycles. The van der Waals surface area contributed by atoms with E-state index >= 15 is 0 Å². The van der Waals surface area contributed by atoms with Crippen LogP contribution in [0.5, 0.6) is 0 Å². The van der Waals surface area contributed by atoms with Crippen LogP contribution < -0.4 is 10.7 Å². The highest BCUT2D eigenvalue weighted by Gasteiger charge is 2.16. The quantitative estimate of drug-likeness (QED) is 0.267. The smallest absolute Gasteiger partial charge is 0.250 e. The minimum Gasteiger partial charge on any atom is -0.375 e. The van der Waals surface area contributed by atoms with Gasteiger partial charge in [0.15, 0.2) is 11.0 Å². The molecular weight excluding hydrogens is 483 g/mol. The van der Waals surface area contributed by atoms with E-state index in [1.54, 1.807) is 19.1 Å². The molecule has 0 unspecified atom stereocenters. The van der Waals surface area contributed by atoms with Gasteiger partial charge in [-0.25, -0.2) is 9.82 Å². The molecule has 0 aliphatic rings. The van der Waals surface area contributed by atoms with Gasteiger partial charge in [0.2, 0.25) is 0 Å². The number of amides is 1. The van der Waals surface area contributed by atoms with Crippen molar-refractivity contribution in [1.82, 2.24) is 20.2 Å². The van der Waals surface area contributed by atoms with E-state index in [-0.39, 0.29) is 23.5 Å². The number of hydrogen-bond donors (Lipinski definition) is 2. The topological polar surface area (TPSA) is 84.2 Å². The number of carbonyl (C=O) groups is 1. The van der Waals surface area contributed by atoms with Crippen molar-refractivity contribution in [1.29, 1.82) is 0 Å². The SMILES string of the molecule is C/C(=N\NC(=O)CSc1nnc([C@@H](C)Nc2ccc(Br)cc2)n1C)c1ccc(F)cc1. The number of halogens is 2. The van der Waals surface area contributed by atoms with Gasteiger partial charge in [0.1, 0.15) is 5.82 Å². The summed E-state index contributed by atoms with van der Waals surface area (Å²) in [7, 11) is 1.87. The number of thioether (sulfide) groups is 1. The number of aromatic nitrogens is 3. The number of hydrogen-bond acceptors (Lipinski definition) is 6. The van der Waals surface area contributed by atoms with Crippen molar-refractivity contribution in [2.75, 3.05) is 11.1 Å². The van der Waals surface area contributed by atoms with Gasteiger partial charge in [-0.05, 0) is 55.8 Å². The van der Waals surface area contributed by atoms with Gasteiger partial charge in [-0.15, -0.1) is 10.2 Å². The summed E-state index contributed by atoms with van der Waals surface area (Å²) in [6, 6.07) is 13.7. The minimum atomic E-state index is -0.318. The second-order valence-electron chi connectivity index (χ2n) is 6.80. The molecule has 0 aliphatic heterocycles. The predicted molar refractivity (Wildman–Crippen MR) is 125 cm³/mol. The fourth-order valence-corrected chi connectivity index (χ4v) is 3.73. The van der Waals surface area contributed by atoms with Crippen molar-refractivity contribution in [3.63, 3.8) is 0 Å². The summed E-state index contributed by atoms with van der Waals surface area (Å²) in [5, 5.41) is 16.5. The molecule has 0 saturated carbocycles. The first-order valence-corrected chi connectivity index (χ1v) is 11.2. The molecule has 31 heavy (non-hydrogen) atoms. The van der Waals surface area contributed by atoms with E-state index in [1.807, 2.05) is 42.8 Å². The van der Waals surface area contributed by atoms with Crippen LogP contribution in [0.3, 0.4) is 0 Å². The van der Waals surface area contributed by atoms with E-state index in [1.165, 1.54) is 23.9 Å². The summed E-state index contributed by atoms with van der Waals surface area (Å²) < 4.78 is 15.9. The maximum Gasteiger partial charge on any atom is 0.250 e. The zero-order chi connectivity index (χ0) is 22.4. The summed E-state index contributed by atoms with van der Waals surface area (Å²) in [4.78, 5) is 12.2. The van der Waals surface area contributed by atoms with Crippen LogP contribution in [0.1, 0.15) is 31.3 Å². The molecule has 1 atom stereocenters. The highest BCUT2D eigenvalue weighted by molar-refractivity contribution is 9.10. The third-order valence-corrected chi connectivity index (χ3v) is 5.97. The maximum atomic E-state index is 13.0. The molecule has 2 N–H and O–H groups in total. The predicted octanol–water partition coefficient (Wildman–Crippen LogP) is 4.52. The van der Waals surface area contributed by atoms with Crippen LogP contribution in [0.4, 0.5) is 10.1 Å². The number of nitrogens with one attached hydrogen (secondary N) is 2. The highest BCUT2D eigenvalue weighted by atomic mass is 79.9. The Morgan fingerprint density at radius 3 is 2.55 bits per heavy atom. The fraction of sp³-hybridized carbons (Fsp3) is 0.238. The molecular formula is C21H22BrFN6OS. The van der Waals surface area contributed by atoms with Crippen LogP contribution in [0.2, 0.25) is 0 Å². The molecule has 162 valence electrons. The summed E-state index contributed by atoms with van der Waals surface area (Å²) in [5.41, 5.74) is 4.81. The first-order chi connectivity index (χ1) is 14.8.